The number of fused-ring (bicyclic) bond motifs is 1. The highest BCUT2D eigenvalue weighted by Gasteiger charge is 2.52. The van der Waals surface area contributed by atoms with Crippen LogP contribution in [0.5, 0.6) is 0 Å². The molecule has 1 amide bonds. The second kappa shape index (κ2) is 18.4. The average molecular weight is 773 g/mol. The number of hydrogen-bond donors (Lipinski definition) is 4. The fraction of sp³-hybridized carbons (Fsp3) is 0.690. The van der Waals surface area contributed by atoms with Crippen LogP contribution in [0.3, 0.4) is 0 Å². The number of cyclic esters (lactones) is 1. The van der Waals surface area contributed by atoms with E-state index in [-0.39, 0.29) is 31.4 Å². The number of nitrogens with zero attached hydrogens (tertiary/aromatic N) is 1. The Morgan fingerprint density at radius 2 is 1.65 bits per heavy atom. The number of methoxy groups -OCH3 is 1. The third-order valence-electron chi connectivity index (χ3n) is 11.8. The Labute approximate surface area is 326 Å². The minimum absolute atomic E-state index is 0.0919. The molecule has 308 valence electrons. The number of likely N-dealkylation sites (N-methyl/N-ethyl adjacent to an activating group) is 1. The zero-order chi connectivity index (χ0) is 41.0. The number of aliphatic hydroxyl groups is 3. The lowest BCUT2D eigenvalue weighted by Crippen LogP contribution is -2.60. The Bertz CT molecular complexity index is 1610. The van der Waals surface area contributed by atoms with Crippen LogP contribution < -0.4 is 5.32 Å². The van der Waals surface area contributed by atoms with Gasteiger partial charge in [-0.1, -0.05) is 63.2 Å². The summed E-state index contributed by atoms with van der Waals surface area (Å²) in [4.78, 5) is 43.7. The van der Waals surface area contributed by atoms with Gasteiger partial charge in [0.05, 0.1) is 42.2 Å². The normalized spacial score (nSPS) is 38.5. The van der Waals surface area contributed by atoms with E-state index in [0.717, 1.165) is 16.3 Å². The van der Waals surface area contributed by atoms with E-state index in [2.05, 4.69) is 5.32 Å². The van der Waals surface area contributed by atoms with Gasteiger partial charge in [-0.25, -0.2) is 0 Å². The van der Waals surface area contributed by atoms with Crippen LogP contribution in [-0.4, -0.2) is 125 Å². The quantitative estimate of drug-likeness (QED) is 0.287. The van der Waals surface area contributed by atoms with Crippen molar-refractivity contribution in [3.8, 4) is 0 Å². The maximum Gasteiger partial charge on any atom is 0.312 e. The Morgan fingerprint density at radius 3 is 2.29 bits per heavy atom. The zero-order valence-corrected chi connectivity index (χ0v) is 34.4. The van der Waals surface area contributed by atoms with E-state index in [0.29, 0.717) is 6.42 Å². The molecule has 13 nitrogen and oxygen atoms in total. The molecule has 2 heterocycles. The highest BCUT2D eigenvalue weighted by molar-refractivity contribution is 5.89. The molecule has 0 aliphatic carbocycles. The molecule has 55 heavy (non-hydrogen) atoms. The molecule has 0 spiro atoms. The Kier molecular flexibility index (Phi) is 14.9. The summed E-state index contributed by atoms with van der Waals surface area (Å²) in [6.45, 7) is 13.4. The summed E-state index contributed by atoms with van der Waals surface area (Å²) in [6.07, 6.45) is -6.75. The number of rotatable bonds is 8. The first-order chi connectivity index (χ1) is 25.7. The van der Waals surface area contributed by atoms with E-state index in [9.17, 15) is 29.7 Å². The van der Waals surface area contributed by atoms with Gasteiger partial charge in [-0.15, -0.1) is 0 Å². The van der Waals surface area contributed by atoms with E-state index in [1.54, 1.807) is 34.6 Å². The van der Waals surface area contributed by atoms with Gasteiger partial charge in [0.2, 0.25) is 5.91 Å². The van der Waals surface area contributed by atoms with Gasteiger partial charge in [0.25, 0.3) is 0 Å². The van der Waals surface area contributed by atoms with Crippen molar-refractivity contribution in [3.05, 3.63) is 48.0 Å². The number of amides is 1. The minimum atomic E-state index is -2.02. The van der Waals surface area contributed by atoms with Gasteiger partial charge >= 0.3 is 11.9 Å². The summed E-state index contributed by atoms with van der Waals surface area (Å²) < 4.78 is 31.5. The number of benzene rings is 2. The molecule has 0 bridgehead atoms. The van der Waals surface area contributed by atoms with E-state index in [4.69, 9.17) is 23.7 Å². The maximum absolute atomic E-state index is 14.2. The van der Waals surface area contributed by atoms with Crippen molar-refractivity contribution in [1.82, 2.24) is 10.2 Å². The molecule has 2 aliphatic heterocycles. The summed E-state index contributed by atoms with van der Waals surface area (Å²) in [5.41, 5.74) is -2.51. The van der Waals surface area contributed by atoms with Crippen molar-refractivity contribution in [1.29, 1.82) is 0 Å². The van der Waals surface area contributed by atoms with Gasteiger partial charge in [0.1, 0.15) is 23.9 Å². The molecule has 0 aromatic heterocycles. The number of esters is 2. The lowest BCUT2D eigenvalue weighted by molar-refractivity contribution is -0.301. The summed E-state index contributed by atoms with van der Waals surface area (Å²) in [6, 6.07) is 12.5. The molecule has 2 saturated heterocycles. The third-order valence-corrected chi connectivity index (χ3v) is 11.8. The second-order valence-electron chi connectivity index (χ2n) is 16.5. The molecule has 14 atom stereocenters. The highest BCUT2D eigenvalue weighted by Crippen LogP contribution is 2.38. The van der Waals surface area contributed by atoms with Gasteiger partial charge in [-0.2, -0.15) is 0 Å². The van der Waals surface area contributed by atoms with Gasteiger partial charge in [-0.3, -0.25) is 14.4 Å². The number of carbonyl (C=O) groups excluding carboxylic acids is 3. The Morgan fingerprint density at radius 1 is 1.00 bits per heavy atom. The molecular weight excluding hydrogens is 708 g/mol. The average Bonchev–Trinajstić information content (AvgIpc) is 3.14. The van der Waals surface area contributed by atoms with E-state index < -0.39 is 89.7 Å². The van der Waals surface area contributed by atoms with Crippen LogP contribution in [0.25, 0.3) is 10.8 Å². The first kappa shape index (κ1) is 44.5. The lowest BCUT2D eigenvalue weighted by atomic mass is 9.78. The number of carbonyl (C=O) groups is 3. The van der Waals surface area contributed by atoms with E-state index in [1.807, 2.05) is 68.4 Å². The van der Waals surface area contributed by atoms with Crippen molar-refractivity contribution in [3.63, 3.8) is 0 Å². The highest BCUT2D eigenvalue weighted by atomic mass is 16.7. The van der Waals surface area contributed by atoms with E-state index >= 15 is 0 Å². The molecule has 2 fully saturated rings. The van der Waals surface area contributed by atoms with Crippen LogP contribution in [0.2, 0.25) is 0 Å². The number of aliphatic hydroxyl groups excluding tert-OH is 2. The molecule has 0 radical (unpaired) electrons. The largest absolute Gasteiger partial charge is 0.461 e. The van der Waals surface area contributed by atoms with Crippen molar-refractivity contribution >= 4 is 28.6 Å². The Balaban J connectivity index is 1.84. The predicted octanol–water partition coefficient (Wildman–Crippen LogP) is 3.76. The SMILES string of the molecule is CC[C@H]1OC(=O)[C@H](C)[C@@H](OC(=O)Cc2cccc3ccccc23)[C@H](C)[C@@H](O[C@@H]2O[C@H](C)C[C@H](N(C)C)[C@H]2O)[C@](C)(OC)C[C@@H](C)NC(=O)[C@H](C)[C@@H](O)[C@]1(C)O. The van der Waals surface area contributed by atoms with Crippen LogP contribution in [0.1, 0.15) is 80.2 Å². The second-order valence-corrected chi connectivity index (χ2v) is 16.5. The van der Waals surface area contributed by atoms with E-state index in [1.165, 1.54) is 21.0 Å². The van der Waals surface area contributed by atoms with Crippen LogP contribution in [0.4, 0.5) is 0 Å². The molecule has 0 saturated carbocycles. The first-order valence-corrected chi connectivity index (χ1v) is 19.5. The molecule has 0 unspecified atom stereocenters. The van der Waals surface area contributed by atoms with Gasteiger partial charge < -0.3 is 49.2 Å². The Hall–Kier alpha value is -3.17. The summed E-state index contributed by atoms with van der Waals surface area (Å²) in [7, 11) is 5.25. The van der Waals surface area contributed by atoms with Crippen LogP contribution in [0.15, 0.2) is 42.5 Å². The molecule has 13 heteroatoms. The molecular formula is C42H64N2O11. The topological polar surface area (TPSA) is 173 Å². The van der Waals surface area contributed by atoms with Gasteiger partial charge in [0, 0.05) is 25.1 Å². The van der Waals surface area contributed by atoms with Crippen LogP contribution >= 0.6 is 0 Å². The van der Waals surface area contributed by atoms with Crippen molar-refractivity contribution in [2.75, 3.05) is 21.2 Å². The van der Waals surface area contributed by atoms with Crippen molar-refractivity contribution in [2.24, 2.45) is 17.8 Å². The smallest absolute Gasteiger partial charge is 0.312 e. The fourth-order valence-corrected chi connectivity index (χ4v) is 8.44. The number of nitrogens with one attached hydrogen (secondary N) is 1. The monoisotopic (exact) mass is 772 g/mol. The van der Waals surface area contributed by atoms with Crippen LogP contribution in [0, 0.1) is 17.8 Å². The number of ether oxygens (including phenoxy) is 5. The summed E-state index contributed by atoms with van der Waals surface area (Å²) in [5.74, 6) is -4.93. The standard InChI is InChI=1S/C42H64N2O11/c1-12-32-42(8,50)36(47)27(6)38(48)43-23(2)22-41(7,51-11)37(55-40-34(46)31(44(9)10)20-24(3)52-40)25(4)35(26(5)39(49)53-32)54-33(45)21-29-18-15-17-28-16-13-14-19-30(28)29/h13-19,23-27,31-32,34-37,40,46-47,50H,12,20-22H2,1-11H3,(H,43,48)/t23-,24-,25+,26-,27-,31+,32-,34-,35+,36-,37-,40+,41-,42-/m1/s1. The molecule has 4 N–H and O–H groups in total. The summed E-state index contributed by atoms with van der Waals surface area (Å²) >= 11 is 0. The third kappa shape index (κ3) is 10.0. The maximum atomic E-state index is 14.2. The zero-order valence-electron chi connectivity index (χ0n) is 34.4. The molecule has 2 aromatic rings. The van der Waals surface area contributed by atoms with Crippen LogP contribution in [-0.2, 0) is 44.5 Å². The number of hydrogen-bond acceptors (Lipinski definition) is 12. The van der Waals surface area contributed by atoms with Crippen molar-refractivity contribution < 1.29 is 53.4 Å². The molecule has 4 rings (SSSR count). The predicted molar refractivity (Wildman–Crippen MR) is 207 cm³/mol. The van der Waals surface area contributed by atoms with Crippen molar-refractivity contribution in [2.45, 2.75) is 147 Å². The molecule has 2 aliphatic rings. The molecule has 2 aromatic carbocycles. The fourth-order valence-electron chi connectivity index (χ4n) is 8.44. The summed E-state index contributed by atoms with van der Waals surface area (Å²) in [5, 5.41) is 39.3. The first-order valence-electron chi connectivity index (χ1n) is 19.5. The van der Waals surface area contributed by atoms with Gasteiger partial charge in [-0.05, 0) is 84.3 Å². The van der Waals surface area contributed by atoms with Gasteiger partial charge in [0.15, 0.2) is 6.29 Å². The lowest BCUT2D eigenvalue weighted by Gasteiger charge is -2.48. The minimum Gasteiger partial charge on any atom is -0.461 e.